The fourth-order valence-corrected chi connectivity index (χ4v) is 4.67. The maximum absolute atomic E-state index is 14.0. The summed E-state index contributed by atoms with van der Waals surface area (Å²) in [6.07, 6.45) is -1.39. The zero-order valence-corrected chi connectivity index (χ0v) is 18.6. The summed E-state index contributed by atoms with van der Waals surface area (Å²) in [6, 6.07) is 4.66. The molecule has 33 heavy (non-hydrogen) atoms. The SMILES string of the molecule is COc1ccc([C@@H]2C[C@@H](C(F)(F)F)n3ncc(-c4n[nH]c(=S)n4C[C@@H]4CCCO4)c3N2)cc1. The van der Waals surface area contributed by atoms with Crippen LogP contribution in [0.5, 0.6) is 5.75 Å². The Labute approximate surface area is 192 Å². The molecule has 2 aromatic heterocycles. The van der Waals surface area contributed by atoms with Crippen LogP contribution in [0.2, 0.25) is 0 Å². The summed E-state index contributed by atoms with van der Waals surface area (Å²) >= 11 is 5.39. The van der Waals surface area contributed by atoms with Crippen molar-refractivity contribution >= 4 is 18.0 Å². The van der Waals surface area contributed by atoms with E-state index in [0.29, 0.717) is 35.1 Å². The van der Waals surface area contributed by atoms with E-state index in [1.54, 1.807) is 35.9 Å². The number of hydrogen-bond acceptors (Lipinski definition) is 6. The smallest absolute Gasteiger partial charge is 0.410 e. The van der Waals surface area contributed by atoms with E-state index in [4.69, 9.17) is 21.7 Å². The number of methoxy groups -OCH3 is 1. The Balaban J connectivity index is 1.55. The van der Waals surface area contributed by atoms with Crippen molar-refractivity contribution in [2.75, 3.05) is 19.0 Å². The number of aromatic nitrogens is 5. The summed E-state index contributed by atoms with van der Waals surface area (Å²) in [4.78, 5) is 0. The Morgan fingerprint density at radius 2 is 2.06 bits per heavy atom. The van der Waals surface area contributed by atoms with E-state index >= 15 is 0 Å². The number of fused-ring (bicyclic) bond motifs is 1. The van der Waals surface area contributed by atoms with Crippen molar-refractivity contribution in [2.24, 2.45) is 0 Å². The molecule has 12 heteroatoms. The zero-order chi connectivity index (χ0) is 23.2. The van der Waals surface area contributed by atoms with Crippen LogP contribution in [0, 0.1) is 4.77 Å². The van der Waals surface area contributed by atoms with Gasteiger partial charge in [-0.2, -0.15) is 23.4 Å². The number of rotatable bonds is 5. The Kier molecular flexibility index (Phi) is 5.65. The van der Waals surface area contributed by atoms with Gasteiger partial charge in [-0.25, -0.2) is 4.68 Å². The van der Waals surface area contributed by atoms with Gasteiger partial charge in [0.15, 0.2) is 16.6 Å². The molecule has 3 atom stereocenters. The molecule has 5 rings (SSSR count). The molecule has 0 saturated carbocycles. The summed E-state index contributed by atoms with van der Waals surface area (Å²) in [5, 5.41) is 14.4. The van der Waals surface area contributed by atoms with Crippen molar-refractivity contribution in [1.29, 1.82) is 0 Å². The van der Waals surface area contributed by atoms with Gasteiger partial charge in [-0.15, -0.1) is 0 Å². The number of benzene rings is 1. The van der Waals surface area contributed by atoms with Gasteiger partial charge in [0.2, 0.25) is 0 Å². The van der Waals surface area contributed by atoms with Crippen molar-refractivity contribution in [3.63, 3.8) is 0 Å². The van der Waals surface area contributed by atoms with Crippen LogP contribution < -0.4 is 10.1 Å². The van der Waals surface area contributed by atoms with E-state index in [2.05, 4.69) is 20.6 Å². The van der Waals surface area contributed by atoms with E-state index in [0.717, 1.165) is 23.1 Å². The molecule has 0 amide bonds. The van der Waals surface area contributed by atoms with Gasteiger partial charge >= 0.3 is 6.18 Å². The average Bonchev–Trinajstić information content (AvgIpc) is 3.54. The first-order valence-corrected chi connectivity index (χ1v) is 11.1. The van der Waals surface area contributed by atoms with Crippen molar-refractivity contribution in [1.82, 2.24) is 24.5 Å². The minimum Gasteiger partial charge on any atom is -0.497 e. The maximum atomic E-state index is 14.0. The average molecular weight is 481 g/mol. The minimum absolute atomic E-state index is 0.0117. The Morgan fingerprint density at radius 1 is 1.27 bits per heavy atom. The second kappa shape index (κ2) is 8.49. The van der Waals surface area contributed by atoms with Crippen molar-refractivity contribution in [3.05, 3.63) is 40.8 Å². The third kappa shape index (κ3) is 4.12. The second-order valence-electron chi connectivity index (χ2n) is 8.21. The summed E-state index contributed by atoms with van der Waals surface area (Å²) in [6.45, 7) is 1.16. The monoisotopic (exact) mass is 480 g/mol. The van der Waals surface area contributed by atoms with Gasteiger partial charge in [-0.3, -0.25) is 9.67 Å². The molecule has 1 saturated heterocycles. The van der Waals surface area contributed by atoms with E-state index in [9.17, 15) is 13.2 Å². The third-order valence-electron chi connectivity index (χ3n) is 6.17. The van der Waals surface area contributed by atoms with Crippen molar-refractivity contribution in [3.8, 4) is 17.1 Å². The molecule has 1 fully saturated rings. The van der Waals surface area contributed by atoms with Crippen LogP contribution in [0.3, 0.4) is 0 Å². The van der Waals surface area contributed by atoms with Crippen LogP contribution in [-0.4, -0.2) is 50.5 Å². The fraction of sp³-hybridized carbons (Fsp3) is 0.476. The van der Waals surface area contributed by atoms with E-state index < -0.39 is 18.3 Å². The molecule has 2 N–H and O–H groups in total. The van der Waals surface area contributed by atoms with Crippen LogP contribution in [0.15, 0.2) is 30.5 Å². The molecule has 0 spiro atoms. The Morgan fingerprint density at radius 3 is 2.73 bits per heavy atom. The molecular formula is C21H23F3N6O2S. The lowest BCUT2D eigenvalue weighted by molar-refractivity contribution is -0.173. The summed E-state index contributed by atoms with van der Waals surface area (Å²) in [5.41, 5.74) is 1.18. The molecule has 8 nitrogen and oxygen atoms in total. The second-order valence-corrected chi connectivity index (χ2v) is 8.60. The molecule has 176 valence electrons. The number of nitrogens with one attached hydrogen (secondary N) is 2. The summed E-state index contributed by atoms with van der Waals surface area (Å²) in [5.74, 6) is 1.32. The molecule has 3 aromatic rings. The predicted molar refractivity (Wildman–Crippen MR) is 117 cm³/mol. The highest BCUT2D eigenvalue weighted by Crippen LogP contribution is 2.46. The van der Waals surface area contributed by atoms with Crippen LogP contribution in [0.25, 0.3) is 11.4 Å². The molecule has 0 bridgehead atoms. The number of nitrogens with zero attached hydrogens (tertiary/aromatic N) is 4. The Bertz CT molecular complexity index is 1180. The standard InChI is InChI=1S/C21H23F3N6O2S/c1-31-13-6-4-12(5-7-13)16-9-17(21(22,23)24)30-18(26-16)15(10-25-30)19-27-28-20(33)29(19)11-14-3-2-8-32-14/h4-7,10,14,16-17,26H,2-3,8-9,11H2,1H3,(H,28,33)/t14-,16-,17-/m0/s1. The van der Waals surface area contributed by atoms with Crippen LogP contribution >= 0.6 is 12.2 Å². The molecule has 4 heterocycles. The van der Waals surface area contributed by atoms with Crippen molar-refractivity contribution in [2.45, 2.75) is 50.2 Å². The minimum atomic E-state index is -4.47. The van der Waals surface area contributed by atoms with Crippen LogP contribution in [0.4, 0.5) is 19.0 Å². The largest absolute Gasteiger partial charge is 0.497 e. The highest BCUT2D eigenvalue weighted by atomic mass is 32.1. The quantitative estimate of drug-likeness (QED) is 0.518. The number of aromatic amines is 1. The molecule has 2 aliphatic heterocycles. The predicted octanol–water partition coefficient (Wildman–Crippen LogP) is 4.65. The first-order chi connectivity index (χ1) is 15.8. The van der Waals surface area contributed by atoms with Gasteiger partial charge in [0.05, 0.1) is 37.6 Å². The Hall–Kier alpha value is -2.86. The lowest BCUT2D eigenvalue weighted by Gasteiger charge is -2.34. The number of halogens is 3. The summed E-state index contributed by atoms with van der Waals surface area (Å²) in [7, 11) is 1.54. The van der Waals surface area contributed by atoms with E-state index in [1.807, 2.05) is 0 Å². The number of ether oxygens (including phenoxy) is 2. The van der Waals surface area contributed by atoms with Gasteiger partial charge in [0.25, 0.3) is 0 Å². The van der Waals surface area contributed by atoms with Gasteiger partial charge in [0, 0.05) is 13.0 Å². The highest BCUT2D eigenvalue weighted by Gasteiger charge is 2.47. The number of anilines is 1. The topological polar surface area (TPSA) is 81.9 Å². The van der Waals surface area contributed by atoms with E-state index in [1.165, 1.54) is 6.20 Å². The summed E-state index contributed by atoms with van der Waals surface area (Å²) < 4.78 is 56.1. The highest BCUT2D eigenvalue weighted by molar-refractivity contribution is 7.71. The first-order valence-electron chi connectivity index (χ1n) is 10.7. The van der Waals surface area contributed by atoms with Gasteiger partial charge in [-0.1, -0.05) is 12.1 Å². The van der Waals surface area contributed by atoms with Crippen molar-refractivity contribution < 1.29 is 22.6 Å². The molecule has 2 aliphatic rings. The third-order valence-corrected chi connectivity index (χ3v) is 6.48. The lowest BCUT2D eigenvalue weighted by Crippen LogP contribution is -2.35. The number of hydrogen-bond donors (Lipinski definition) is 2. The van der Waals surface area contributed by atoms with Crippen LogP contribution in [-0.2, 0) is 11.3 Å². The molecule has 0 radical (unpaired) electrons. The van der Waals surface area contributed by atoms with Gasteiger partial charge in [0.1, 0.15) is 11.6 Å². The number of H-pyrrole nitrogens is 1. The van der Waals surface area contributed by atoms with Gasteiger partial charge in [-0.05, 0) is 42.8 Å². The number of alkyl halides is 3. The molecule has 0 unspecified atom stereocenters. The first kappa shape index (κ1) is 22.0. The fourth-order valence-electron chi connectivity index (χ4n) is 4.47. The zero-order valence-electron chi connectivity index (χ0n) is 17.8. The molecule has 1 aromatic carbocycles. The molecule has 0 aliphatic carbocycles. The lowest BCUT2D eigenvalue weighted by atomic mass is 9.96. The van der Waals surface area contributed by atoms with E-state index in [-0.39, 0.29) is 18.3 Å². The van der Waals surface area contributed by atoms with Gasteiger partial charge < -0.3 is 14.8 Å². The van der Waals surface area contributed by atoms with Crippen LogP contribution in [0.1, 0.15) is 36.9 Å². The normalized spacial score (nSPS) is 22.7. The molecular weight excluding hydrogens is 457 g/mol. The maximum Gasteiger partial charge on any atom is 0.410 e.